The molecule has 0 saturated heterocycles. The predicted octanol–water partition coefficient (Wildman–Crippen LogP) is -1.90. The van der Waals surface area contributed by atoms with E-state index in [0.29, 0.717) is 12.8 Å². The van der Waals surface area contributed by atoms with E-state index in [0.717, 1.165) is 0 Å². The van der Waals surface area contributed by atoms with Gasteiger partial charge in [0.15, 0.2) is 0 Å². The van der Waals surface area contributed by atoms with Gasteiger partial charge in [-0.3, -0.25) is 0 Å². The summed E-state index contributed by atoms with van der Waals surface area (Å²) in [5.74, 6) is 0. The maximum atomic E-state index is 9.07. The van der Waals surface area contributed by atoms with Crippen molar-refractivity contribution in [2.75, 3.05) is 39.6 Å². The van der Waals surface area contributed by atoms with Gasteiger partial charge in [0.25, 0.3) is 0 Å². The highest BCUT2D eigenvalue weighted by molar-refractivity contribution is 4.78. The molecule has 0 spiro atoms. The van der Waals surface area contributed by atoms with Gasteiger partial charge in [0.1, 0.15) is 0 Å². The SMILES string of the molecule is OCCOC(CO)CCC(CO)(CO)CO. The number of hydrogen-bond donors (Lipinski definition) is 5. The molecule has 0 radical (unpaired) electrons. The third-order valence-electron chi connectivity index (χ3n) is 2.65. The predicted molar refractivity (Wildman–Crippen MR) is 56.8 cm³/mol. The second kappa shape index (κ2) is 8.86. The van der Waals surface area contributed by atoms with Gasteiger partial charge in [-0.2, -0.15) is 0 Å². The van der Waals surface area contributed by atoms with E-state index in [2.05, 4.69) is 0 Å². The van der Waals surface area contributed by atoms with Crippen molar-refractivity contribution >= 4 is 0 Å². The molecule has 1 unspecified atom stereocenters. The van der Waals surface area contributed by atoms with Gasteiger partial charge in [-0.15, -0.1) is 0 Å². The van der Waals surface area contributed by atoms with Crippen LogP contribution in [0.25, 0.3) is 0 Å². The summed E-state index contributed by atoms with van der Waals surface area (Å²) in [5.41, 5.74) is -0.935. The van der Waals surface area contributed by atoms with Crippen LogP contribution in [-0.4, -0.2) is 71.3 Å². The highest BCUT2D eigenvalue weighted by Crippen LogP contribution is 2.23. The molecule has 0 aliphatic rings. The summed E-state index contributed by atoms with van der Waals surface area (Å²) in [6, 6.07) is 0. The van der Waals surface area contributed by atoms with Crippen LogP contribution in [0.1, 0.15) is 12.8 Å². The molecule has 0 saturated carbocycles. The second-order valence-corrected chi connectivity index (χ2v) is 3.91. The molecule has 0 aromatic carbocycles. The van der Waals surface area contributed by atoms with Gasteiger partial charge >= 0.3 is 0 Å². The highest BCUT2D eigenvalue weighted by Gasteiger charge is 2.28. The maximum Gasteiger partial charge on any atom is 0.0807 e. The summed E-state index contributed by atoms with van der Waals surface area (Å²) in [4.78, 5) is 0. The zero-order valence-electron chi connectivity index (χ0n) is 9.38. The largest absolute Gasteiger partial charge is 0.396 e. The summed E-state index contributed by atoms with van der Waals surface area (Å²) >= 11 is 0. The summed E-state index contributed by atoms with van der Waals surface area (Å²) in [7, 11) is 0. The maximum absolute atomic E-state index is 9.07. The normalized spacial score (nSPS) is 14.1. The standard InChI is InChI=1S/C10H22O6/c11-3-4-16-9(5-12)1-2-10(6-13,7-14)8-15/h9,11-15H,1-8H2. The van der Waals surface area contributed by atoms with Crippen molar-refractivity contribution in [3.8, 4) is 0 Å². The van der Waals surface area contributed by atoms with Crippen LogP contribution in [0, 0.1) is 5.41 Å². The van der Waals surface area contributed by atoms with Crippen molar-refractivity contribution in [1.29, 1.82) is 0 Å². The molecule has 0 rings (SSSR count). The first-order valence-electron chi connectivity index (χ1n) is 5.34. The van der Waals surface area contributed by atoms with Crippen molar-refractivity contribution in [2.24, 2.45) is 5.41 Å². The van der Waals surface area contributed by atoms with E-state index >= 15 is 0 Å². The van der Waals surface area contributed by atoms with Crippen molar-refractivity contribution < 1.29 is 30.3 Å². The molecule has 16 heavy (non-hydrogen) atoms. The Morgan fingerprint density at radius 3 is 1.88 bits per heavy atom. The van der Waals surface area contributed by atoms with E-state index in [1.54, 1.807) is 0 Å². The van der Waals surface area contributed by atoms with Crippen molar-refractivity contribution in [3.63, 3.8) is 0 Å². The fourth-order valence-electron chi connectivity index (χ4n) is 1.30. The Labute approximate surface area is 95.1 Å². The van der Waals surface area contributed by atoms with Crippen LogP contribution in [0.2, 0.25) is 0 Å². The minimum Gasteiger partial charge on any atom is -0.396 e. The molecule has 98 valence electrons. The second-order valence-electron chi connectivity index (χ2n) is 3.91. The molecule has 1 atom stereocenters. The third-order valence-corrected chi connectivity index (χ3v) is 2.65. The lowest BCUT2D eigenvalue weighted by Crippen LogP contribution is -2.35. The fourth-order valence-corrected chi connectivity index (χ4v) is 1.30. The van der Waals surface area contributed by atoms with Crippen LogP contribution in [0.3, 0.4) is 0 Å². The van der Waals surface area contributed by atoms with E-state index in [9.17, 15) is 0 Å². The molecule has 6 heteroatoms. The van der Waals surface area contributed by atoms with Gasteiger partial charge in [-0.05, 0) is 12.8 Å². The zero-order valence-corrected chi connectivity index (χ0v) is 9.38. The van der Waals surface area contributed by atoms with Gasteiger partial charge in [0, 0.05) is 5.41 Å². The number of ether oxygens (including phenoxy) is 1. The lowest BCUT2D eigenvalue weighted by atomic mass is 9.85. The molecule has 5 N–H and O–H groups in total. The zero-order chi connectivity index (χ0) is 12.4. The minimum atomic E-state index is -0.935. The number of rotatable bonds is 10. The molecule has 6 nitrogen and oxygen atoms in total. The van der Waals surface area contributed by atoms with Crippen LogP contribution >= 0.6 is 0 Å². The fraction of sp³-hybridized carbons (Fsp3) is 1.00. The third kappa shape index (κ3) is 5.20. The lowest BCUT2D eigenvalue weighted by molar-refractivity contribution is -0.0389. The number of aliphatic hydroxyl groups excluding tert-OH is 5. The highest BCUT2D eigenvalue weighted by atomic mass is 16.5. The Bertz CT molecular complexity index is 151. The van der Waals surface area contributed by atoms with Crippen LogP contribution in [0.4, 0.5) is 0 Å². The Morgan fingerprint density at radius 1 is 0.938 bits per heavy atom. The average molecular weight is 238 g/mol. The van der Waals surface area contributed by atoms with E-state index in [4.69, 9.17) is 30.3 Å². The van der Waals surface area contributed by atoms with Gasteiger partial charge in [0.2, 0.25) is 0 Å². The number of aliphatic hydroxyl groups is 5. The van der Waals surface area contributed by atoms with Crippen molar-refractivity contribution in [1.82, 2.24) is 0 Å². The molecule has 0 aromatic heterocycles. The van der Waals surface area contributed by atoms with Gasteiger partial charge in [0.05, 0.1) is 45.7 Å². The smallest absolute Gasteiger partial charge is 0.0807 e. The molecule has 0 bridgehead atoms. The average Bonchev–Trinajstić information content (AvgIpc) is 2.35. The number of hydrogen-bond acceptors (Lipinski definition) is 6. The van der Waals surface area contributed by atoms with Crippen LogP contribution in [-0.2, 0) is 4.74 Å². The minimum absolute atomic E-state index is 0.123. The first-order valence-corrected chi connectivity index (χ1v) is 5.34. The topological polar surface area (TPSA) is 110 Å². The molecule has 0 aromatic rings. The molecule has 0 heterocycles. The van der Waals surface area contributed by atoms with E-state index in [-0.39, 0.29) is 39.6 Å². The monoisotopic (exact) mass is 238 g/mol. The summed E-state index contributed by atoms with van der Waals surface area (Å²) in [5, 5.41) is 44.7. The lowest BCUT2D eigenvalue weighted by Gasteiger charge is -2.28. The van der Waals surface area contributed by atoms with E-state index in [1.165, 1.54) is 0 Å². The molecule has 0 aliphatic heterocycles. The Balaban J connectivity index is 4.05. The van der Waals surface area contributed by atoms with E-state index in [1.807, 2.05) is 0 Å². The quantitative estimate of drug-likeness (QED) is 0.304. The van der Waals surface area contributed by atoms with Crippen LogP contribution in [0.5, 0.6) is 0 Å². The van der Waals surface area contributed by atoms with Crippen LogP contribution < -0.4 is 0 Å². The summed E-state index contributed by atoms with van der Waals surface area (Å²) in [6.07, 6.45) is 0.293. The van der Waals surface area contributed by atoms with Gasteiger partial charge in [-0.1, -0.05) is 0 Å². The van der Waals surface area contributed by atoms with Gasteiger partial charge in [-0.25, -0.2) is 0 Å². The molecule has 0 amide bonds. The molecule has 0 aliphatic carbocycles. The Hall–Kier alpha value is -0.240. The molecular weight excluding hydrogens is 216 g/mol. The van der Waals surface area contributed by atoms with Crippen molar-refractivity contribution in [3.05, 3.63) is 0 Å². The first-order chi connectivity index (χ1) is 7.67. The summed E-state index contributed by atoms with van der Waals surface area (Å²) < 4.78 is 5.12. The van der Waals surface area contributed by atoms with Crippen molar-refractivity contribution in [2.45, 2.75) is 18.9 Å². The van der Waals surface area contributed by atoms with Gasteiger partial charge < -0.3 is 30.3 Å². The molecular formula is C10H22O6. The first kappa shape index (κ1) is 15.8. The molecule has 0 fully saturated rings. The van der Waals surface area contributed by atoms with E-state index < -0.39 is 11.5 Å². The Morgan fingerprint density at radius 2 is 1.50 bits per heavy atom. The Kier molecular flexibility index (Phi) is 8.73. The van der Waals surface area contributed by atoms with Crippen LogP contribution in [0.15, 0.2) is 0 Å². The summed E-state index contributed by atoms with van der Waals surface area (Å²) in [6.45, 7) is -1.15.